The number of hydrogen-bond acceptors (Lipinski definition) is 3. The van der Waals surface area contributed by atoms with E-state index in [1.807, 2.05) is 13.1 Å². The lowest BCUT2D eigenvalue weighted by Crippen LogP contribution is -2.52. The van der Waals surface area contributed by atoms with Crippen molar-refractivity contribution in [3.05, 3.63) is 35.9 Å². The Morgan fingerprint density at radius 2 is 2.24 bits per heavy atom. The van der Waals surface area contributed by atoms with Gasteiger partial charge >= 0.3 is 0 Å². The van der Waals surface area contributed by atoms with Gasteiger partial charge in [0, 0.05) is 17.0 Å². The van der Waals surface area contributed by atoms with Crippen LogP contribution in [0.15, 0.2) is 24.8 Å². The van der Waals surface area contributed by atoms with Crippen LogP contribution >= 0.6 is 0 Å². The van der Waals surface area contributed by atoms with Crippen molar-refractivity contribution in [3.63, 3.8) is 0 Å². The summed E-state index contributed by atoms with van der Waals surface area (Å²) in [5.74, 6) is 1.39. The fraction of sp³-hybridized carbons (Fsp3) is 0.556. The van der Waals surface area contributed by atoms with E-state index >= 15 is 0 Å². The van der Waals surface area contributed by atoms with E-state index in [1.165, 1.54) is 24.8 Å². The van der Waals surface area contributed by atoms with Gasteiger partial charge in [0.25, 0.3) is 0 Å². The zero-order valence-corrected chi connectivity index (χ0v) is 13.0. The lowest BCUT2D eigenvalue weighted by Gasteiger charge is -2.50. The second kappa shape index (κ2) is 5.38. The summed E-state index contributed by atoms with van der Waals surface area (Å²) < 4.78 is 5.33. The van der Waals surface area contributed by atoms with E-state index in [2.05, 4.69) is 24.0 Å². The standard InChI is InChI=1S/C18H25NO2/c1-4-18-10-6-5-7-13(18)14(19-2)11-12-8-9-15(21-3)17(20)16(12)18/h4,8-9,13-14,19-20H,1,5-7,10-11H2,2-3H3/t13-,14-,18-/m1/s1. The number of phenols is 1. The third kappa shape index (κ3) is 1.98. The molecule has 1 fully saturated rings. The van der Waals surface area contributed by atoms with Gasteiger partial charge in [0.05, 0.1) is 7.11 Å². The van der Waals surface area contributed by atoms with Gasteiger partial charge < -0.3 is 15.2 Å². The number of hydrogen-bond donors (Lipinski definition) is 2. The summed E-state index contributed by atoms with van der Waals surface area (Å²) in [5.41, 5.74) is 2.16. The van der Waals surface area contributed by atoms with Gasteiger partial charge in [0.1, 0.15) is 0 Å². The first-order valence-corrected chi connectivity index (χ1v) is 7.88. The highest BCUT2D eigenvalue weighted by atomic mass is 16.5. The molecule has 21 heavy (non-hydrogen) atoms. The summed E-state index contributed by atoms with van der Waals surface area (Å²) in [7, 11) is 3.65. The molecule has 0 aromatic heterocycles. The second-order valence-corrected chi connectivity index (χ2v) is 6.35. The lowest BCUT2D eigenvalue weighted by atomic mass is 9.55. The summed E-state index contributed by atoms with van der Waals surface area (Å²) in [6, 6.07) is 4.43. The van der Waals surface area contributed by atoms with Crippen LogP contribution in [0.25, 0.3) is 0 Å². The first kappa shape index (κ1) is 14.5. The van der Waals surface area contributed by atoms with Crippen molar-refractivity contribution in [1.82, 2.24) is 5.32 Å². The van der Waals surface area contributed by atoms with E-state index in [0.29, 0.717) is 23.5 Å². The molecule has 2 N–H and O–H groups in total. The third-order valence-corrected chi connectivity index (χ3v) is 5.59. The molecule has 0 radical (unpaired) electrons. The Balaban J connectivity index is 2.23. The van der Waals surface area contributed by atoms with E-state index in [-0.39, 0.29) is 5.41 Å². The van der Waals surface area contributed by atoms with E-state index < -0.39 is 0 Å². The van der Waals surface area contributed by atoms with Crippen LogP contribution in [-0.4, -0.2) is 25.3 Å². The number of fused-ring (bicyclic) bond motifs is 3. The first-order chi connectivity index (χ1) is 10.2. The minimum absolute atomic E-state index is 0.127. The van der Waals surface area contributed by atoms with Crippen LogP contribution in [0.5, 0.6) is 11.5 Å². The Hall–Kier alpha value is -1.48. The summed E-state index contributed by atoms with van der Waals surface area (Å²) in [6.45, 7) is 4.14. The van der Waals surface area contributed by atoms with Crippen molar-refractivity contribution in [2.45, 2.75) is 43.6 Å². The molecule has 0 bridgehead atoms. The Kier molecular flexibility index (Phi) is 3.70. The van der Waals surface area contributed by atoms with Crippen molar-refractivity contribution >= 4 is 0 Å². The smallest absolute Gasteiger partial charge is 0.162 e. The molecule has 3 heteroatoms. The highest BCUT2D eigenvalue weighted by Gasteiger charge is 2.49. The van der Waals surface area contributed by atoms with Gasteiger partial charge in [0.15, 0.2) is 11.5 Å². The molecule has 114 valence electrons. The predicted octanol–water partition coefficient (Wildman–Crippen LogP) is 3.16. The molecule has 3 nitrogen and oxygen atoms in total. The average molecular weight is 287 g/mol. The molecule has 0 amide bonds. The molecule has 3 rings (SSSR count). The minimum Gasteiger partial charge on any atom is -0.504 e. The van der Waals surface area contributed by atoms with E-state index in [9.17, 15) is 5.11 Å². The zero-order chi connectivity index (χ0) is 15.0. The predicted molar refractivity (Wildman–Crippen MR) is 85.0 cm³/mol. The summed E-state index contributed by atoms with van der Waals surface area (Å²) in [4.78, 5) is 0. The van der Waals surface area contributed by atoms with Crippen LogP contribution < -0.4 is 10.1 Å². The summed E-state index contributed by atoms with van der Waals surface area (Å²) in [6.07, 6.45) is 7.75. The van der Waals surface area contributed by atoms with Gasteiger partial charge in [-0.05, 0) is 43.9 Å². The molecule has 1 saturated carbocycles. The van der Waals surface area contributed by atoms with Crippen molar-refractivity contribution in [2.24, 2.45) is 5.92 Å². The Bertz CT molecular complexity index is 554. The van der Waals surface area contributed by atoms with Crippen LogP contribution in [0.4, 0.5) is 0 Å². The molecule has 0 spiro atoms. The van der Waals surface area contributed by atoms with Gasteiger partial charge in [-0.25, -0.2) is 0 Å². The summed E-state index contributed by atoms with van der Waals surface area (Å²) >= 11 is 0. The third-order valence-electron chi connectivity index (χ3n) is 5.59. The van der Waals surface area contributed by atoms with Crippen LogP contribution in [-0.2, 0) is 11.8 Å². The van der Waals surface area contributed by atoms with Gasteiger partial charge in [-0.2, -0.15) is 0 Å². The molecule has 3 atom stereocenters. The maximum atomic E-state index is 10.7. The minimum atomic E-state index is -0.127. The number of ether oxygens (including phenoxy) is 1. The monoisotopic (exact) mass is 287 g/mol. The van der Waals surface area contributed by atoms with Crippen LogP contribution in [0, 0.1) is 5.92 Å². The fourth-order valence-corrected chi connectivity index (χ4v) is 4.60. The molecule has 0 aliphatic heterocycles. The normalized spacial score (nSPS) is 31.1. The number of allylic oxidation sites excluding steroid dienone is 1. The van der Waals surface area contributed by atoms with E-state index in [0.717, 1.165) is 18.4 Å². The first-order valence-electron chi connectivity index (χ1n) is 7.88. The number of benzene rings is 1. The van der Waals surface area contributed by atoms with Gasteiger partial charge in [0.2, 0.25) is 0 Å². The maximum absolute atomic E-state index is 10.7. The lowest BCUT2D eigenvalue weighted by molar-refractivity contribution is 0.161. The number of methoxy groups -OCH3 is 1. The molecular weight excluding hydrogens is 262 g/mol. The van der Waals surface area contributed by atoms with Crippen LogP contribution in [0.2, 0.25) is 0 Å². The van der Waals surface area contributed by atoms with Crippen molar-refractivity contribution in [1.29, 1.82) is 0 Å². The molecular formula is C18H25NO2. The van der Waals surface area contributed by atoms with Gasteiger partial charge in [-0.1, -0.05) is 25.0 Å². The highest BCUT2D eigenvalue weighted by Crippen LogP contribution is 2.55. The molecule has 0 heterocycles. The fourth-order valence-electron chi connectivity index (χ4n) is 4.60. The zero-order valence-electron chi connectivity index (χ0n) is 13.0. The largest absolute Gasteiger partial charge is 0.504 e. The molecule has 2 aliphatic carbocycles. The van der Waals surface area contributed by atoms with Crippen LogP contribution in [0.3, 0.4) is 0 Å². The van der Waals surface area contributed by atoms with Crippen molar-refractivity contribution in [2.75, 3.05) is 14.2 Å². The average Bonchev–Trinajstić information content (AvgIpc) is 2.53. The molecule has 0 saturated heterocycles. The number of likely N-dealkylation sites (N-methyl/N-ethyl adjacent to an activating group) is 1. The van der Waals surface area contributed by atoms with Gasteiger partial charge in [-0.15, -0.1) is 6.58 Å². The number of rotatable bonds is 3. The SMILES string of the molecule is C=C[C@@]12CCCC[C@@H]1[C@H](NC)Cc1ccc(OC)c(O)c12. The quantitative estimate of drug-likeness (QED) is 0.839. The van der Waals surface area contributed by atoms with Crippen molar-refractivity contribution < 1.29 is 9.84 Å². The molecule has 1 aromatic rings. The van der Waals surface area contributed by atoms with Crippen molar-refractivity contribution in [3.8, 4) is 11.5 Å². The summed E-state index contributed by atoms with van der Waals surface area (Å²) in [5, 5.41) is 14.2. The van der Waals surface area contributed by atoms with E-state index in [1.54, 1.807) is 7.11 Å². The Labute approximate surface area is 127 Å². The molecule has 2 aliphatic rings. The number of phenolic OH excluding ortho intramolecular Hbond substituents is 1. The van der Waals surface area contributed by atoms with E-state index in [4.69, 9.17) is 4.74 Å². The Morgan fingerprint density at radius 1 is 1.43 bits per heavy atom. The van der Waals surface area contributed by atoms with Crippen LogP contribution in [0.1, 0.15) is 36.8 Å². The second-order valence-electron chi connectivity index (χ2n) is 6.35. The maximum Gasteiger partial charge on any atom is 0.162 e. The number of nitrogens with one attached hydrogen (secondary N) is 1. The topological polar surface area (TPSA) is 41.5 Å². The Morgan fingerprint density at radius 3 is 2.90 bits per heavy atom. The highest BCUT2D eigenvalue weighted by molar-refractivity contribution is 5.57. The molecule has 1 aromatic carbocycles. The number of aromatic hydroxyl groups is 1. The van der Waals surface area contributed by atoms with Gasteiger partial charge in [-0.3, -0.25) is 0 Å². The molecule has 0 unspecified atom stereocenters.